The molecule has 0 aliphatic carbocycles. The Morgan fingerprint density at radius 3 is 1.06 bits per heavy atom. The normalized spacial score (nSPS) is 13.5. The molecule has 430 valence electrons. The molecule has 0 saturated heterocycles. The fourth-order valence-corrected chi connectivity index (χ4v) is 16.1. The van der Waals surface area contributed by atoms with Crippen molar-refractivity contribution >= 4 is 211 Å². The van der Waals surface area contributed by atoms with Crippen LogP contribution in [0.4, 0.5) is 22.7 Å². The third-order valence-electron chi connectivity index (χ3n) is 11.5. The summed E-state index contributed by atoms with van der Waals surface area (Å²) in [7, 11) is 0. The number of halogens is 6. The van der Waals surface area contributed by atoms with Gasteiger partial charge < -0.3 is 55.5 Å². The average molecular weight is 1750 g/mol. The zero-order chi connectivity index (χ0) is 58.3. The number of ether oxygens (including phenoxy) is 4. The number of carbonyl (C=O) groups is 9. The van der Waals surface area contributed by atoms with Crippen molar-refractivity contribution in [2.24, 2.45) is 0 Å². The van der Waals surface area contributed by atoms with Gasteiger partial charge in [-0.3, -0.25) is 24.0 Å². The van der Waals surface area contributed by atoms with Gasteiger partial charge in [-0.2, -0.15) is 0 Å². The molecule has 26 heteroatoms. The van der Waals surface area contributed by atoms with E-state index >= 15 is 0 Å². The van der Waals surface area contributed by atoms with Crippen LogP contribution in [0.3, 0.4) is 0 Å². The van der Waals surface area contributed by atoms with Crippen LogP contribution >= 0.6 is 136 Å². The van der Waals surface area contributed by atoms with Gasteiger partial charge in [-0.05, 0) is 156 Å². The van der Waals surface area contributed by atoms with Crippen molar-refractivity contribution in [2.45, 2.75) is 182 Å². The molecule has 77 heavy (non-hydrogen) atoms. The Morgan fingerprint density at radius 2 is 0.766 bits per heavy atom. The maximum absolute atomic E-state index is 14.0. The summed E-state index contributed by atoms with van der Waals surface area (Å²) in [6.07, 6.45) is 5.02. The minimum atomic E-state index is -3.63. The third-order valence-corrected chi connectivity index (χ3v) is 18.0. The van der Waals surface area contributed by atoms with Crippen molar-refractivity contribution in [3.8, 4) is 0 Å². The highest BCUT2D eigenvalue weighted by Gasteiger charge is 2.56. The van der Waals surface area contributed by atoms with Gasteiger partial charge >= 0.3 is 23.9 Å². The summed E-state index contributed by atoms with van der Waals surface area (Å²) in [6.45, 7) is 9.29. The number of anilines is 4. The highest BCUT2D eigenvalue weighted by Crippen LogP contribution is 2.41. The lowest BCUT2D eigenvalue weighted by atomic mass is 9.83. The van der Waals surface area contributed by atoms with Crippen LogP contribution in [0.5, 0.6) is 0 Å². The Morgan fingerprint density at radius 1 is 0.468 bits per heavy atom. The van der Waals surface area contributed by atoms with Crippen LogP contribution < -0.4 is 21.3 Å². The summed E-state index contributed by atoms with van der Waals surface area (Å²) in [5.41, 5.74) is -2.82. The van der Waals surface area contributed by atoms with E-state index in [-0.39, 0.29) is 67.9 Å². The summed E-state index contributed by atoms with van der Waals surface area (Å²) >= 11 is 11.2. The second-order valence-corrected chi connectivity index (χ2v) is 24.7. The van der Waals surface area contributed by atoms with Crippen molar-refractivity contribution in [1.29, 1.82) is 0 Å². The molecule has 0 fully saturated rings. The average Bonchev–Trinajstić information content (AvgIpc) is 3.33. The number of esters is 4. The van der Waals surface area contributed by atoms with Crippen molar-refractivity contribution in [3.05, 3.63) is 32.5 Å². The molecule has 4 unspecified atom stereocenters. The molecule has 7 N–H and O–H groups in total. The number of benzene rings is 2. The first-order valence-corrected chi connectivity index (χ1v) is 31.5. The monoisotopic (exact) mass is 1750 g/mol. The first-order valence-electron chi connectivity index (χ1n) is 25.0. The topological polar surface area (TPSA) is 299 Å². The van der Waals surface area contributed by atoms with Gasteiger partial charge in [0.15, 0.2) is 23.6 Å². The summed E-state index contributed by atoms with van der Waals surface area (Å²) in [4.78, 5) is 117. The summed E-state index contributed by atoms with van der Waals surface area (Å²) in [6, 6.07) is 0. The first-order chi connectivity index (χ1) is 36.1. The van der Waals surface area contributed by atoms with Gasteiger partial charge in [0.1, 0.15) is 11.6 Å². The number of hydrogen-bond donors (Lipinski definition) is 7. The van der Waals surface area contributed by atoms with Gasteiger partial charge in [0.25, 0.3) is 0 Å². The lowest BCUT2D eigenvalue weighted by Crippen LogP contribution is -2.64. The second kappa shape index (κ2) is 35.9. The maximum atomic E-state index is 14.0. The minimum absolute atomic E-state index is 0.113. The quantitative estimate of drug-likeness (QED) is 0.0146. The molecule has 0 aliphatic rings. The molecule has 2 rings (SSSR count). The van der Waals surface area contributed by atoms with E-state index < -0.39 is 78.3 Å². The van der Waals surface area contributed by atoms with Gasteiger partial charge in [-0.25, -0.2) is 19.2 Å². The molecule has 4 atom stereocenters. The predicted molar refractivity (Wildman–Crippen MR) is 340 cm³/mol. The molecule has 0 radical (unpaired) electrons. The molecule has 0 bridgehead atoms. The molecule has 20 nitrogen and oxygen atoms in total. The van der Waals surface area contributed by atoms with Crippen LogP contribution in [0.15, 0.2) is 0 Å². The largest absolute Gasteiger partial charge is 0.423 e. The lowest BCUT2D eigenvalue weighted by Gasteiger charge is -2.34. The zero-order valence-electron chi connectivity index (χ0n) is 44.0. The zero-order valence-corrected chi connectivity index (χ0v) is 56.9. The molecule has 0 heterocycles. The molecule has 2 amide bonds. The van der Waals surface area contributed by atoms with Crippen LogP contribution in [-0.2, 0) is 52.5 Å². The number of unbranched alkanes of at least 4 members (excludes halogenated alkanes) is 14. The molecule has 0 spiro atoms. The van der Waals surface area contributed by atoms with E-state index in [9.17, 15) is 58.5 Å². The Bertz CT molecular complexity index is 2320. The van der Waals surface area contributed by atoms with E-state index in [4.69, 9.17) is 18.9 Å². The SMILES string of the molecule is CCCCCCCCCCCCCCCCCC(=O)C(O)(C(O)C(=O)OC(C)OC(=O)c1c(I)c(NCC(C)=O)c(I)c(NC(C)=O)c1I)C(O)C(=O)OC(C)OC(=O)c1c(I)c(NCC(C)=O)c(I)c(NC(C)=O)c1I. The molecule has 2 aromatic rings. The highest BCUT2D eigenvalue weighted by atomic mass is 127. The molecule has 0 saturated carbocycles. The van der Waals surface area contributed by atoms with Crippen LogP contribution in [-0.4, -0.2) is 112 Å². The van der Waals surface area contributed by atoms with Gasteiger partial charge in [0.2, 0.25) is 24.4 Å². The smallest absolute Gasteiger partial charge is 0.343 e. The number of aliphatic hydroxyl groups is 3. The van der Waals surface area contributed by atoms with E-state index in [2.05, 4.69) is 28.2 Å². The van der Waals surface area contributed by atoms with Gasteiger partial charge in [-0.1, -0.05) is 96.8 Å². The van der Waals surface area contributed by atoms with Gasteiger partial charge in [0, 0.05) is 34.1 Å². The molecule has 0 aromatic heterocycles. The van der Waals surface area contributed by atoms with Crippen molar-refractivity contribution in [2.75, 3.05) is 34.4 Å². The van der Waals surface area contributed by atoms with Crippen molar-refractivity contribution in [3.63, 3.8) is 0 Å². The molecule has 0 aliphatic heterocycles. The van der Waals surface area contributed by atoms with E-state index in [0.29, 0.717) is 31.4 Å². The Kier molecular flexibility index (Phi) is 33.2. The number of rotatable bonds is 35. The number of nitrogens with one attached hydrogen (secondary N) is 4. The molecular weight excluding hydrogens is 1690 g/mol. The van der Waals surface area contributed by atoms with Crippen molar-refractivity contribution < 1.29 is 77.4 Å². The lowest BCUT2D eigenvalue weighted by molar-refractivity contribution is -0.213. The number of carbonyl (C=O) groups excluding carboxylic acids is 9. The fourth-order valence-electron chi connectivity index (χ4n) is 7.59. The van der Waals surface area contributed by atoms with E-state index in [1.165, 1.54) is 79.1 Å². The molecular formula is C51H68I6N4O16. The number of Topliss-reactive ketones (excluding diaryl/α,β-unsaturated/α-hetero) is 3. The molecule has 2 aromatic carbocycles. The highest BCUT2D eigenvalue weighted by molar-refractivity contribution is 14.1. The number of aliphatic hydroxyl groups excluding tert-OH is 2. The van der Waals surface area contributed by atoms with Crippen LogP contribution in [0.2, 0.25) is 0 Å². The van der Waals surface area contributed by atoms with Gasteiger partial charge in [0.05, 0.1) is 68.4 Å². The minimum Gasteiger partial charge on any atom is -0.423 e. The summed E-state index contributed by atoms with van der Waals surface area (Å²) < 4.78 is 23.1. The summed E-state index contributed by atoms with van der Waals surface area (Å²) in [5.74, 6) is -8.56. The second-order valence-electron chi connectivity index (χ2n) is 18.2. The van der Waals surface area contributed by atoms with E-state index in [1.54, 1.807) is 0 Å². The van der Waals surface area contributed by atoms with Crippen LogP contribution in [0.1, 0.15) is 172 Å². The van der Waals surface area contributed by atoms with Crippen LogP contribution in [0.25, 0.3) is 0 Å². The standard InChI is InChI=1S/C51H68I6N4O16/c1-8-9-10-11-12-13-14-15-16-17-18-19-20-21-22-23-32(66)51(73,45(67)49(71)76-30(6)74-47(69)33-35(52)41(58-24-26(2)62)39(56)43(37(33)54)60-28(4)64)46(68)50(72)77-31(7)75-48(70)34-36(53)42(59-25-27(3)63)40(57)44(38(34)55)61-29(5)65/h30-31,45-46,58-59,67-68,73H,8-25H2,1-7H3,(H,60,64)(H,61,65). The number of amides is 2. The summed E-state index contributed by atoms with van der Waals surface area (Å²) in [5, 5.41) is 46.1. The number of hydrogen-bond acceptors (Lipinski definition) is 18. The van der Waals surface area contributed by atoms with Gasteiger partial charge in [-0.15, -0.1) is 0 Å². The van der Waals surface area contributed by atoms with Crippen molar-refractivity contribution in [1.82, 2.24) is 0 Å². The Hall–Kier alpha value is -1.87. The Labute approximate surface area is 531 Å². The van der Waals surface area contributed by atoms with E-state index in [0.717, 1.165) is 39.5 Å². The maximum Gasteiger partial charge on any atom is 0.343 e. The predicted octanol–water partition coefficient (Wildman–Crippen LogP) is 10.3. The number of ketones is 3. The van der Waals surface area contributed by atoms with Crippen LogP contribution in [0, 0.1) is 21.4 Å². The Balaban J connectivity index is 2.38. The van der Waals surface area contributed by atoms with E-state index in [1.807, 2.05) is 136 Å². The third kappa shape index (κ3) is 22.4. The fraction of sp³-hybridized carbons (Fsp3) is 0.588. The first kappa shape index (κ1) is 71.2.